The predicted octanol–water partition coefficient (Wildman–Crippen LogP) is 4.53. The van der Waals surface area contributed by atoms with Crippen molar-refractivity contribution in [2.75, 3.05) is 0 Å². The lowest BCUT2D eigenvalue weighted by Crippen LogP contribution is -2.24. The first-order valence-corrected chi connectivity index (χ1v) is 7.48. The smallest absolute Gasteiger partial charge is 0.0519 e. The first-order valence-electron chi connectivity index (χ1n) is 7.48. The van der Waals surface area contributed by atoms with Gasteiger partial charge in [-0.25, -0.2) is 0 Å². The minimum absolute atomic E-state index is 0.509. The molecule has 0 saturated heterocycles. The van der Waals surface area contributed by atoms with Gasteiger partial charge in [0.1, 0.15) is 0 Å². The Morgan fingerprint density at radius 1 is 0.833 bits per heavy atom. The van der Waals surface area contributed by atoms with Gasteiger partial charge in [0.25, 0.3) is 0 Å². The summed E-state index contributed by atoms with van der Waals surface area (Å²) in [6, 6.07) is 1.02. The van der Waals surface area contributed by atoms with E-state index in [2.05, 4.69) is 41.5 Å². The van der Waals surface area contributed by atoms with Crippen molar-refractivity contribution in [3.05, 3.63) is 0 Å². The van der Waals surface area contributed by atoms with Crippen molar-refractivity contribution in [1.29, 1.82) is 0 Å². The average Bonchev–Trinajstić information content (AvgIpc) is 2.29. The monoisotopic (exact) mass is 250 g/mol. The molecule has 0 aliphatic heterocycles. The summed E-state index contributed by atoms with van der Waals surface area (Å²) in [5, 5.41) is 0. The van der Waals surface area contributed by atoms with E-state index < -0.39 is 0 Å². The molecule has 18 heavy (non-hydrogen) atoms. The molecule has 0 aromatic heterocycles. The van der Waals surface area contributed by atoms with Crippen molar-refractivity contribution in [3.8, 4) is 0 Å². The second-order valence-electron chi connectivity index (χ2n) is 6.32. The van der Waals surface area contributed by atoms with Crippen LogP contribution in [0, 0.1) is 11.8 Å². The zero-order valence-electron chi connectivity index (χ0n) is 13.0. The number of hydrogen-bond acceptors (Lipinski definition) is 2. The highest BCUT2D eigenvalue weighted by atomic mass is 14.9. The predicted molar refractivity (Wildman–Crippen MR) is 81.9 cm³/mol. The molecule has 2 nitrogen and oxygen atoms in total. The molecule has 0 aromatic carbocycles. The topological polar surface area (TPSA) is 24.7 Å². The molecular weight excluding hydrogens is 220 g/mol. The molecule has 2 unspecified atom stereocenters. The van der Waals surface area contributed by atoms with Gasteiger partial charge in [-0.2, -0.15) is 0 Å². The number of hydrogen-bond donors (Lipinski definition) is 0. The zero-order chi connectivity index (χ0) is 13.7. The summed E-state index contributed by atoms with van der Waals surface area (Å²) in [4.78, 5) is 9.77. The molecule has 2 heteroatoms. The largest absolute Gasteiger partial charge is 0.291 e. The number of rotatable bonds is 4. The minimum Gasteiger partial charge on any atom is -0.291 e. The number of nitrogens with zero attached hydrogens (tertiary/aromatic N) is 2. The summed E-state index contributed by atoms with van der Waals surface area (Å²) >= 11 is 0. The fourth-order valence-electron chi connectivity index (χ4n) is 2.25. The van der Waals surface area contributed by atoms with Crippen LogP contribution in [0.5, 0.6) is 0 Å². The van der Waals surface area contributed by atoms with E-state index >= 15 is 0 Å². The molecule has 0 heterocycles. The SMILES string of the molecule is CC(=NC1CCCC(N=C(C)C(C)C)C1)C(C)C. The van der Waals surface area contributed by atoms with Crippen LogP contribution in [0.3, 0.4) is 0 Å². The van der Waals surface area contributed by atoms with Gasteiger partial charge in [-0.15, -0.1) is 0 Å². The van der Waals surface area contributed by atoms with Crippen LogP contribution >= 0.6 is 0 Å². The maximum absolute atomic E-state index is 4.89. The Balaban J connectivity index is 2.62. The first-order chi connectivity index (χ1) is 8.40. The van der Waals surface area contributed by atoms with Crippen molar-refractivity contribution in [3.63, 3.8) is 0 Å². The average molecular weight is 250 g/mol. The van der Waals surface area contributed by atoms with Gasteiger partial charge < -0.3 is 0 Å². The number of aliphatic imine (C=N–C) groups is 2. The highest BCUT2D eigenvalue weighted by Crippen LogP contribution is 2.25. The van der Waals surface area contributed by atoms with Crippen molar-refractivity contribution in [2.24, 2.45) is 21.8 Å². The van der Waals surface area contributed by atoms with E-state index in [0.717, 1.165) is 6.42 Å². The van der Waals surface area contributed by atoms with E-state index in [0.29, 0.717) is 23.9 Å². The quantitative estimate of drug-likeness (QED) is 0.655. The van der Waals surface area contributed by atoms with Gasteiger partial charge in [0.05, 0.1) is 12.1 Å². The van der Waals surface area contributed by atoms with E-state index in [9.17, 15) is 0 Å². The molecule has 0 amide bonds. The summed E-state index contributed by atoms with van der Waals surface area (Å²) in [5.41, 5.74) is 2.59. The molecule has 1 aliphatic rings. The Bertz CT molecular complexity index is 283. The third-order valence-electron chi connectivity index (χ3n) is 4.06. The molecule has 104 valence electrons. The molecule has 2 atom stereocenters. The van der Waals surface area contributed by atoms with Crippen molar-refractivity contribution in [1.82, 2.24) is 0 Å². The van der Waals surface area contributed by atoms with Crippen LogP contribution in [0.15, 0.2) is 9.98 Å². The summed E-state index contributed by atoms with van der Waals surface area (Å²) in [6.07, 6.45) is 4.92. The second-order valence-corrected chi connectivity index (χ2v) is 6.32. The maximum Gasteiger partial charge on any atom is 0.0519 e. The molecule has 0 spiro atoms. The van der Waals surface area contributed by atoms with Crippen molar-refractivity contribution < 1.29 is 0 Å². The summed E-state index contributed by atoms with van der Waals surface area (Å²) in [6.45, 7) is 13.2. The van der Waals surface area contributed by atoms with Crippen LogP contribution in [0.2, 0.25) is 0 Å². The van der Waals surface area contributed by atoms with Crippen LogP contribution in [-0.2, 0) is 0 Å². The molecule has 1 aliphatic carbocycles. The molecule has 1 fully saturated rings. The summed E-state index contributed by atoms with van der Waals surface area (Å²) in [5.74, 6) is 1.15. The van der Waals surface area contributed by atoms with Gasteiger partial charge in [-0.1, -0.05) is 27.7 Å². The minimum atomic E-state index is 0.509. The van der Waals surface area contributed by atoms with E-state index in [1.54, 1.807) is 0 Å². The normalized spacial score (nSPS) is 27.1. The van der Waals surface area contributed by atoms with Crippen LogP contribution in [0.1, 0.15) is 67.2 Å². The van der Waals surface area contributed by atoms with Crippen LogP contribution in [0.4, 0.5) is 0 Å². The van der Waals surface area contributed by atoms with Crippen LogP contribution < -0.4 is 0 Å². The van der Waals surface area contributed by atoms with Crippen LogP contribution in [-0.4, -0.2) is 23.5 Å². The lowest BCUT2D eigenvalue weighted by molar-refractivity contribution is 0.394. The second kappa shape index (κ2) is 7.06. The fourth-order valence-corrected chi connectivity index (χ4v) is 2.25. The van der Waals surface area contributed by atoms with Gasteiger partial charge in [-0.05, 0) is 51.4 Å². The van der Waals surface area contributed by atoms with E-state index in [1.807, 2.05) is 0 Å². The summed E-state index contributed by atoms with van der Waals surface area (Å²) in [7, 11) is 0. The lowest BCUT2D eigenvalue weighted by atomic mass is 9.91. The van der Waals surface area contributed by atoms with Gasteiger partial charge in [0, 0.05) is 11.4 Å². The Kier molecular flexibility index (Phi) is 6.04. The fraction of sp³-hybridized carbons (Fsp3) is 0.875. The van der Waals surface area contributed by atoms with E-state index in [-0.39, 0.29) is 0 Å². The molecule has 0 bridgehead atoms. The Labute approximate surface area is 113 Å². The van der Waals surface area contributed by atoms with E-state index in [1.165, 1.54) is 30.7 Å². The standard InChI is InChI=1S/C16H30N2/c1-11(2)13(5)17-15-8-7-9-16(10-15)18-14(6)12(3)4/h11-12,15-16H,7-10H2,1-6H3. The van der Waals surface area contributed by atoms with Crippen molar-refractivity contribution >= 4 is 11.4 Å². The third kappa shape index (κ3) is 4.91. The molecule has 1 saturated carbocycles. The Morgan fingerprint density at radius 2 is 1.22 bits per heavy atom. The van der Waals surface area contributed by atoms with Gasteiger partial charge in [-0.3, -0.25) is 9.98 Å². The molecule has 1 rings (SSSR count). The zero-order valence-corrected chi connectivity index (χ0v) is 13.0. The van der Waals surface area contributed by atoms with Gasteiger partial charge >= 0.3 is 0 Å². The lowest BCUT2D eigenvalue weighted by Gasteiger charge is -2.26. The molecule has 0 aromatic rings. The Hall–Kier alpha value is -0.660. The van der Waals surface area contributed by atoms with Gasteiger partial charge in [0.15, 0.2) is 0 Å². The summed E-state index contributed by atoms with van der Waals surface area (Å²) < 4.78 is 0. The van der Waals surface area contributed by atoms with Gasteiger partial charge in [0.2, 0.25) is 0 Å². The third-order valence-corrected chi connectivity index (χ3v) is 4.06. The molecular formula is C16H30N2. The maximum atomic E-state index is 4.89. The highest BCUT2D eigenvalue weighted by molar-refractivity contribution is 5.84. The Morgan fingerprint density at radius 3 is 1.56 bits per heavy atom. The molecule has 0 radical (unpaired) electrons. The van der Waals surface area contributed by atoms with E-state index in [4.69, 9.17) is 9.98 Å². The van der Waals surface area contributed by atoms with Crippen molar-refractivity contribution in [2.45, 2.75) is 79.3 Å². The molecule has 0 N–H and O–H groups in total. The highest BCUT2D eigenvalue weighted by Gasteiger charge is 2.21. The first kappa shape index (κ1) is 15.4. The van der Waals surface area contributed by atoms with Crippen LogP contribution in [0.25, 0.3) is 0 Å².